The van der Waals surface area contributed by atoms with E-state index >= 15 is 0 Å². The number of likely N-dealkylation sites (N-methyl/N-ethyl adjacent to an activating group) is 2. The minimum Gasteiger partial charge on any atom is -0.480 e. The Balaban J connectivity index is 1.81. The van der Waals surface area contributed by atoms with Gasteiger partial charge < -0.3 is 24.5 Å². The third-order valence-corrected chi connectivity index (χ3v) is 4.31. The van der Waals surface area contributed by atoms with Crippen molar-refractivity contribution in [2.45, 2.75) is 31.4 Å². The fourth-order valence-electron chi connectivity index (χ4n) is 3.06. The van der Waals surface area contributed by atoms with Crippen molar-refractivity contribution >= 4 is 12.0 Å². The van der Waals surface area contributed by atoms with Gasteiger partial charge >= 0.3 is 12.0 Å². The minimum atomic E-state index is -0.983. The molecule has 0 aromatic heterocycles. The normalized spacial score (nSPS) is 25.3. The number of ether oxygens (including phenoxy) is 1. The van der Waals surface area contributed by atoms with Crippen molar-refractivity contribution in [1.82, 2.24) is 14.7 Å². The highest BCUT2D eigenvalue weighted by Gasteiger charge is 2.44. The third-order valence-electron chi connectivity index (χ3n) is 4.31. The summed E-state index contributed by atoms with van der Waals surface area (Å²) >= 11 is 0. The van der Waals surface area contributed by atoms with Crippen LogP contribution in [-0.4, -0.2) is 90.3 Å². The highest BCUT2D eigenvalue weighted by Crippen LogP contribution is 2.26. The van der Waals surface area contributed by atoms with E-state index in [0.717, 1.165) is 25.9 Å². The second-order valence-corrected chi connectivity index (χ2v) is 6.44. The number of carbonyl (C=O) groups excluding carboxylic acids is 1. The van der Waals surface area contributed by atoms with Crippen LogP contribution in [0.1, 0.15) is 19.8 Å². The van der Waals surface area contributed by atoms with Crippen LogP contribution < -0.4 is 0 Å². The molecule has 0 aromatic rings. The molecule has 2 rings (SSSR count). The van der Waals surface area contributed by atoms with E-state index in [4.69, 9.17) is 9.84 Å². The molecule has 2 aliphatic heterocycles. The summed E-state index contributed by atoms with van der Waals surface area (Å²) < 4.78 is 5.33. The Morgan fingerprint density at radius 1 is 1.43 bits per heavy atom. The molecule has 0 radical (unpaired) electrons. The number of hydrogen-bond donors (Lipinski definition) is 1. The van der Waals surface area contributed by atoms with Crippen LogP contribution in [0.25, 0.3) is 0 Å². The molecule has 0 aromatic carbocycles. The predicted molar refractivity (Wildman–Crippen MR) is 77.2 cm³/mol. The number of nitrogens with zero attached hydrogens (tertiary/aromatic N) is 3. The van der Waals surface area contributed by atoms with E-state index in [1.165, 1.54) is 0 Å². The van der Waals surface area contributed by atoms with Gasteiger partial charge in [-0.05, 0) is 33.4 Å². The molecule has 0 aliphatic carbocycles. The van der Waals surface area contributed by atoms with E-state index in [-0.39, 0.29) is 18.7 Å². The van der Waals surface area contributed by atoms with Gasteiger partial charge in [-0.3, -0.25) is 0 Å². The Kier molecular flexibility index (Phi) is 4.73. The largest absolute Gasteiger partial charge is 0.480 e. The quantitative estimate of drug-likeness (QED) is 0.808. The topological polar surface area (TPSA) is 73.3 Å². The zero-order valence-electron chi connectivity index (χ0n) is 13.0. The van der Waals surface area contributed by atoms with E-state index in [0.29, 0.717) is 13.1 Å². The Bertz CT molecular complexity index is 409. The van der Waals surface area contributed by atoms with E-state index < -0.39 is 11.6 Å². The number of amides is 2. The fourth-order valence-corrected chi connectivity index (χ4v) is 3.06. The predicted octanol–water partition coefficient (Wildman–Crippen LogP) is 0.308. The standard InChI is InChI=1S/C14H25N3O4/c1-14(21-8-12(18)19)9-17(10-14)13(20)16(3)11-5-4-6-15(2)7-11/h11H,4-10H2,1-3H3,(H,18,19). The molecule has 7 nitrogen and oxygen atoms in total. The minimum absolute atomic E-state index is 0.00620. The van der Waals surface area contributed by atoms with E-state index in [1.807, 2.05) is 18.9 Å². The molecule has 0 spiro atoms. The molecule has 2 fully saturated rings. The van der Waals surface area contributed by atoms with Gasteiger partial charge in [0.2, 0.25) is 0 Å². The summed E-state index contributed by atoms with van der Waals surface area (Å²) in [6, 6.07) is 0.259. The lowest BCUT2D eigenvalue weighted by Crippen LogP contribution is -2.66. The maximum atomic E-state index is 12.4. The molecule has 7 heteroatoms. The first-order chi connectivity index (χ1) is 9.81. The average Bonchev–Trinajstić information content (AvgIpc) is 2.40. The maximum absolute atomic E-state index is 12.4. The highest BCUT2D eigenvalue weighted by molar-refractivity contribution is 5.76. The number of carboxylic acids is 1. The number of carbonyl (C=O) groups is 2. The van der Waals surface area contributed by atoms with Crippen molar-refractivity contribution in [1.29, 1.82) is 0 Å². The molecule has 21 heavy (non-hydrogen) atoms. The highest BCUT2D eigenvalue weighted by atomic mass is 16.5. The summed E-state index contributed by atoms with van der Waals surface area (Å²) in [5, 5.41) is 8.64. The summed E-state index contributed by atoms with van der Waals surface area (Å²) in [6.07, 6.45) is 2.14. The molecule has 2 saturated heterocycles. The van der Waals surface area contributed by atoms with E-state index in [9.17, 15) is 9.59 Å². The molecular formula is C14H25N3O4. The average molecular weight is 299 g/mol. The Labute approximate surface area is 125 Å². The first kappa shape index (κ1) is 16.0. The van der Waals surface area contributed by atoms with E-state index in [1.54, 1.807) is 4.90 Å². The molecule has 1 atom stereocenters. The van der Waals surface area contributed by atoms with Gasteiger partial charge in [-0.25, -0.2) is 9.59 Å². The molecule has 120 valence electrons. The SMILES string of the molecule is CN1CCCC(N(C)C(=O)N2CC(C)(OCC(=O)O)C2)C1. The fraction of sp³-hybridized carbons (Fsp3) is 0.857. The zero-order valence-corrected chi connectivity index (χ0v) is 13.0. The van der Waals surface area contributed by atoms with Crippen molar-refractivity contribution in [3.63, 3.8) is 0 Å². The number of likely N-dealkylation sites (tertiary alicyclic amines) is 2. The van der Waals surface area contributed by atoms with Crippen LogP contribution in [0.15, 0.2) is 0 Å². The van der Waals surface area contributed by atoms with Crippen LogP contribution >= 0.6 is 0 Å². The molecule has 2 heterocycles. The molecule has 1 unspecified atom stereocenters. The maximum Gasteiger partial charge on any atom is 0.329 e. The molecule has 0 saturated carbocycles. The molecule has 2 aliphatic rings. The van der Waals surface area contributed by atoms with Gasteiger partial charge in [0, 0.05) is 19.6 Å². The van der Waals surface area contributed by atoms with Gasteiger partial charge in [0.15, 0.2) is 0 Å². The van der Waals surface area contributed by atoms with Gasteiger partial charge in [0.25, 0.3) is 0 Å². The van der Waals surface area contributed by atoms with Crippen molar-refractivity contribution in [2.24, 2.45) is 0 Å². The number of piperidine rings is 1. The number of hydrogen-bond acceptors (Lipinski definition) is 4. The lowest BCUT2D eigenvalue weighted by molar-refractivity contribution is -0.160. The smallest absolute Gasteiger partial charge is 0.329 e. The van der Waals surface area contributed by atoms with Crippen molar-refractivity contribution in [3.8, 4) is 0 Å². The summed E-state index contributed by atoms with van der Waals surface area (Å²) in [7, 11) is 3.92. The summed E-state index contributed by atoms with van der Waals surface area (Å²) in [4.78, 5) is 28.7. The lowest BCUT2D eigenvalue weighted by atomic mass is 9.96. The van der Waals surface area contributed by atoms with Crippen LogP contribution in [0.3, 0.4) is 0 Å². The van der Waals surface area contributed by atoms with Gasteiger partial charge in [0.1, 0.15) is 12.2 Å². The van der Waals surface area contributed by atoms with Gasteiger partial charge in [-0.2, -0.15) is 0 Å². The molecule has 2 amide bonds. The van der Waals surface area contributed by atoms with Gasteiger partial charge in [-0.1, -0.05) is 0 Å². The Morgan fingerprint density at radius 2 is 2.10 bits per heavy atom. The van der Waals surface area contributed by atoms with Crippen molar-refractivity contribution in [3.05, 3.63) is 0 Å². The van der Waals surface area contributed by atoms with Gasteiger partial charge in [-0.15, -0.1) is 0 Å². The lowest BCUT2D eigenvalue weighted by Gasteiger charge is -2.49. The van der Waals surface area contributed by atoms with Crippen molar-refractivity contribution < 1.29 is 19.4 Å². The third kappa shape index (κ3) is 3.85. The number of aliphatic carboxylic acids is 1. The Hall–Kier alpha value is -1.34. The summed E-state index contributed by atoms with van der Waals surface area (Å²) in [6.45, 7) is 4.42. The van der Waals surface area contributed by atoms with Gasteiger partial charge in [0.05, 0.1) is 13.1 Å². The monoisotopic (exact) mass is 299 g/mol. The van der Waals surface area contributed by atoms with Crippen LogP contribution in [-0.2, 0) is 9.53 Å². The van der Waals surface area contributed by atoms with Crippen LogP contribution in [0.2, 0.25) is 0 Å². The first-order valence-corrected chi connectivity index (χ1v) is 7.37. The Morgan fingerprint density at radius 3 is 2.67 bits per heavy atom. The number of urea groups is 1. The van der Waals surface area contributed by atoms with Crippen LogP contribution in [0.5, 0.6) is 0 Å². The first-order valence-electron chi connectivity index (χ1n) is 7.37. The molecule has 0 bridgehead atoms. The van der Waals surface area contributed by atoms with Crippen LogP contribution in [0, 0.1) is 0 Å². The second kappa shape index (κ2) is 6.19. The molecular weight excluding hydrogens is 274 g/mol. The summed E-state index contributed by atoms with van der Waals surface area (Å²) in [5.74, 6) is -0.983. The van der Waals surface area contributed by atoms with Crippen molar-refractivity contribution in [2.75, 3.05) is 46.9 Å². The molecule has 1 N–H and O–H groups in total. The summed E-state index contributed by atoms with van der Waals surface area (Å²) in [5.41, 5.74) is -0.530. The second-order valence-electron chi connectivity index (χ2n) is 6.44. The zero-order chi connectivity index (χ0) is 15.6. The van der Waals surface area contributed by atoms with Crippen LogP contribution in [0.4, 0.5) is 4.79 Å². The number of carboxylic acid groups (broad SMARTS) is 1. The number of rotatable bonds is 4. The van der Waals surface area contributed by atoms with E-state index in [2.05, 4.69) is 11.9 Å².